The third-order valence-corrected chi connectivity index (χ3v) is 6.73. The molecular weight excluding hydrogens is 410 g/mol. The fourth-order valence-corrected chi connectivity index (χ4v) is 4.76. The Bertz CT molecular complexity index is 911. The Morgan fingerprint density at radius 3 is 2.52 bits per heavy atom. The molecule has 0 aromatic heterocycles. The number of hydrogen-bond acceptors (Lipinski definition) is 5. The van der Waals surface area contributed by atoms with E-state index < -0.39 is 0 Å². The van der Waals surface area contributed by atoms with Gasteiger partial charge in [0, 0.05) is 29.5 Å². The highest BCUT2D eigenvalue weighted by Crippen LogP contribution is 2.33. The van der Waals surface area contributed by atoms with Crippen LogP contribution >= 0.6 is 23.4 Å². The summed E-state index contributed by atoms with van der Waals surface area (Å²) in [5.74, 6) is 1.79. The predicted molar refractivity (Wildman–Crippen MR) is 113 cm³/mol. The molecule has 29 heavy (non-hydrogen) atoms. The molecule has 1 saturated heterocycles. The highest BCUT2D eigenvalue weighted by Gasteiger charge is 2.28. The second-order valence-corrected chi connectivity index (χ2v) is 8.52. The Morgan fingerprint density at radius 2 is 1.76 bits per heavy atom. The minimum Gasteiger partial charge on any atom is -0.486 e. The minimum absolute atomic E-state index is 0.0715. The van der Waals surface area contributed by atoms with E-state index in [0.717, 1.165) is 4.90 Å². The topological polar surface area (TPSA) is 55.8 Å². The quantitative estimate of drug-likeness (QED) is 0.521. The lowest BCUT2D eigenvalue weighted by molar-refractivity contribution is -0.129. The van der Waals surface area contributed by atoms with Crippen molar-refractivity contribution in [2.75, 3.05) is 32.1 Å². The first-order valence-corrected chi connectivity index (χ1v) is 11.1. The van der Waals surface area contributed by atoms with Crippen molar-refractivity contribution in [2.24, 2.45) is 5.92 Å². The van der Waals surface area contributed by atoms with Crippen molar-refractivity contribution in [3.8, 4) is 11.5 Å². The standard InChI is InChI=1S/C22H22ClNO4S/c23-17-3-1-2-4-20(17)29-14-21(25)24-9-7-15(8-10-24)22(26)16-5-6-18-19(13-16)28-12-11-27-18/h1-6,13,15H,7-12,14H2. The van der Waals surface area contributed by atoms with E-state index in [0.29, 0.717) is 67.0 Å². The molecule has 0 radical (unpaired) electrons. The van der Waals surface area contributed by atoms with Gasteiger partial charge in [-0.2, -0.15) is 0 Å². The highest BCUT2D eigenvalue weighted by atomic mass is 35.5. The van der Waals surface area contributed by atoms with Gasteiger partial charge in [-0.1, -0.05) is 23.7 Å². The SMILES string of the molecule is O=C(c1ccc2c(c1)OCCO2)C1CCN(C(=O)CSc2ccccc2Cl)CC1. The van der Waals surface area contributed by atoms with Crippen molar-refractivity contribution in [1.29, 1.82) is 0 Å². The van der Waals surface area contributed by atoms with Crippen LogP contribution in [0.4, 0.5) is 0 Å². The molecule has 2 aromatic carbocycles. The number of hydrogen-bond donors (Lipinski definition) is 0. The third kappa shape index (κ3) is 4.70. The average Bonchev–Trinajstić information content (AvgIpc) is 2.77. The molecule has 2 aliphatic rings. The van der Waals surface area contributed by atoms with Crippen LogP contribution in [0, 0.1) is 5.92 Å². The van der Waals surface area contributed by atoms with Gasteiger partial charge in [0.25, 0.3) is 0 Å². The van der Waals surface area contributed by atoms with E-state index in [1.54, 1.807) is 18.2 Å². The molecule has 0 unspecified atom stereocenters. The van der Waals surface area contributed by atoms with Crippen molar-refractivity contribution in [1.82, 2.24) is 4.90 Å². The van der Waals surface area contributed by atoms with E-state index in [9.17, 15) is 9.59 Å². The van der Waals surface area contributed by atoms with Gasteiger partial charge in [0.05, 0.1) is 10.8 Å². The smallest absolute Gasteiger partial charge is 0.232 e. The second-order valence-electron chi connectivity index (χ2n) is 7.10. The largest absolute Gasteiger partial charge is 0.486 e. The summed E-state index contributed by atoms with van der Waals surface area (Å²) < 4.78 is 11.1. The number of fused-ring (bicyclic) bond motifs is 1. The van der Waals surface area contributed by atoms with Crippen LogP contribution in [0.15, 0.2) is 47.4 Å². The van der Waals surface area contributed by atoms with Crippen LogP contribution in [0.25, 0.3) is 0 Å². The zero-order chi connectivity index (χ0) is 20.2. The number of halogens is 1. The first-order chi connectivity index (χ1) is 14.1. The lowest BCUT2D eigenvalue weighted by Gasteiger charge is -2.31. The van der Waals surface area contributed by atoms with Crippen molar-refractivity contribution in [2.45, 2.75) is 17.7 Å². The molecule has 4 rings (SSSR count). The molecule has 1 fully saturated rings. The van der Waals surface area contributed by atoms with Gasteiger partial charge in [0.15, 0.2) is 17.3 Å². The Morgan fingerprint density at radius 1 is 1.03 bits per heavy atom. The highest BCUT2D eigenvalue weighted by molar-refractivity contribution is 8.00. The lowest BCUT2D eigenvalue weighted by Crippen LogP contribution is -2.41. The molecule has 7 heteroatoms. The molecule has 2 aliphatic heterocycles. The molecule has 1 amide bonds. The summed E-state index contributed by atoms with van der Waals surface area (Å²) in [6.07, 6.45) is 1.35. The summed E-state index contributed by atoms with van der Waals surface area (Å²) in [6, 6.07) is 12.9. The number of piperidine rings is 1. The number of carbonyl (C=O) groups is 2. The Balaban J connectivity index is 1.30. The van der Waals surface area contributed by atoms with Crippen LogP contribution in [0.5, 0.6) is 11.5 Å². The molecule has 0 saturated carbocycles. The summed E-state index contributed by atoms with van der Waals surface area (Å²) >= 11 is 7.60. The molecule has 0 bridgehead atoms. The number of benzene rings is 2. The van der Waals surface area contributed by atoms with Gasteiger partial charge in [-0.15, -0.1) is 11.8 Å². The van der Waals surface area contributed by atoms with E-state index in [4.69, 9.17) is 21.1 Å². The predicted octanol–water partition coefficient (Wildman–Crippen LogP) is 4.32. The van der Waals surface area contributed by atoms with Crippen LogP contribution in [-0.2, 0) is 4.79 Å². The number of carbonyl (C=O) groups excluding carboxylic acids is 2. The molecular formula is C22H22ClNO4S. The van der Waals surface area contributed by atoms with Crippen LogP contribution in [-0.4, -0.2) is 48.6 Å². The van der Waals surface area contributed by atoms with Crippen LogP contribution in [0.2, 0.25) is 5.02 Å². The average molecular weight is 432 g/mol. The Labute approximate surface area is 179 Å². The van der Waals surface area contributed by atoms with Gasteiger partial charge in [0.1, 0.15) is 13.2 Å². The molecule has 2 aromatic rings. The Kier molecular flexibility index (Phi) is 6.31. The maximum Gasteiger partial charge on any atom is 0.232 e. The zero-order valence-electron chi connectivity index (χ0n) is 15.9. The maximum atomic E-state index is 12.9. The molecule has 0 atom stereocenters. The number of amides is 1. The summed E-state index contributed by atoms with van der Waals surface area (Å²) in [6.45, 7) is 2.23. The minimum atomic E-state index is -0.0715. The second kappa shape index (κ2) is 9.09. The molecule has 2 heterocycles. The molecule has 152 valence electrons. The third-order valence-electron chi connectivity index (χ3n) is 5.23. The lowest BCUT2D eigenvalue weighted by atomic mass is 9.88. The number of Topliss-reactive ketones (excluding diaryl/α,β-unsaturated/α-hetero) is 1. The number of ketones is 1. The van der Waals surface area contributed by atoms with Crippen LogP contribution < -0.4 is 9.47 Å². The van der Waals surface area contributed by atoms with Gasteiger partial charge in [-0.05, 0) is 43.2 Å². The zero-order valence-corrected chi connectivity index (χ0v) is 17.5. The first-order valence-electron chi connectivity index (χ1n) is 9.71. The maximum absolute atomic E-state index is 12.9. The number of likely N-dealkylation sites (tertiary alicyclic amines) is 1. The summed E-state index contributed by atoms with van der Waals surface area (Å²) in [7, 11) is 0. The summed E-state index contributed by atoms with van der Waals surface area (Å²) in [4.78, 5) is 28.2. The molecule has 0 aliphatic carbocycles. The summed E-state index contributed by atoms with van der Waals surface area (Å²) in [5, 5.41) is 0.661. The van der Waals surface area contributed by atoms with E-state index in [1.165, 1.54) is 11.8 Å². The Hall–Kier alpha value is -2.18. The van der Waals surface area contributed by atoms with Gasteiger partial charge in [-0.3, -0.25) is 9.59 Å². The van der Waals surface area contributed by atoms with Gasteiger partial charge in [-0.25, -0.2) is 0 Å². The monoisotopic (exact) mass is 431 g/mol. The molecule has 0 N–H and O–H groups in total. The number of thioether (sulfide) groups is 1. The van der Waals surface area contributed by atoms with E-state index >= 15 is 0 Å². The van der Waals surface area contributed by atoms with Crippen molar-refractivity contribution >= 4 is 35.1 Å². The molecule has 0 spiro atoms. The first kappa shape index (κ1) is 20.1. The van der Waals surface area contributed by atoms with Gasteiger partial charge < -0.3 is 14.4 Å². The summed E-state index contributed by atoms with van der Waals surface area (Å²) in [5.41, 5.74) is 0.647. The van der Waals surface area contributed by atoms with E-state index in [-0.39, 0.29) is 17.6 Å². The van der Waals surface area contributed by atoms with Gasteiger partial charge in [0.2, 0.25) is 5.91 Å². The van der Waals surface area contributed by atoms with Gasteiger partial charge >= 0.3 is 0 Å². The fraction of sp³-hybridized carbons (Fsp3) is 0.364. The van der Waals surface area contributed by atoms with Crippen molar-refractivity contribution in [3.63, 3.8) is 0 Å². The van der Waals surface area contributed by atoms with Crippen molar-refractivity contribution < 1.29 is 19.1 Å². The normalized spacial score (nSPS) is 16.5. The van der Waals surface area contributed by atoms with Crippen LogP contribution in [0.3, 0.4) is 0 Å². The fourth-order valence-electron chi connectivity index (χ4n) is 3.62. The number of rotatable bonds is 5. The van der Waals surface area contributed by atoms with E-state index in [1.807, 2.05) is 29.2 Å². The molecule has 5 nitrogen and oxygen atoms in total. The van der Waals surface area contributed by atoms with E-state index in [2.05, 4.69) is 0 Å². The number of ether oxygens (including phenoxy) is 2. The number of nitrogens with zero attached hydrogens (tertiary/aromatic N) is 1. The van der Waals surface area contributed by atoms with Crippen molar-refractivity contribution in [3.05, 3.63) is 53.1 Å². The van der Waals surface area contributed by atoms with Crippen LogP contribution in [0.1, 0.15) is 23.2 Å².